The molecule has 118 valence electrons. The Morgan fingerprint density at radius 1 is 1.45 bits per heavy atom. The molecule has 3 N–H and O–H groups in total. The number of thiazole rings is 1. The molecule has 4 nitrogen and oxygen atoms in total. The Balaban J connectivity index is 1.88. The molecule has 2 rings (SSSR count). The summed E-state index contributed by atoms with van der Waals surface area (Å²) >= 11 is 13.4. The number of rotatable bonds is 6. The summed E-state index contributed by atoms with van der Waals surface area (Å²) in [6, 6.07) is 5.22. The van der Waals surface area contributed by atoms with Crippen molar-refractivity contribution in [3.8, 4) is 0 Å². The summed E-state index contributed by atoms with van der Waals surface area (Å²) < 4.78 is 0. The molecule has 1 heterocycles. The van der Waals surface area contributed by atoms with Crippen molar-refractivity contribution in [2.24, 2.45) is 5.73 Å². The SMILES string of the molecule is CCC(N)c1nc(C(=O)NCCc2ccc(Cl)cc2Cl)cs1. The summed E-state index contributed by atoms with van der Waals surface area (Å²) in [5, 5.41) is 6.55. The Hall–Kier alpha value is -1.14. The Labute approximate surface area is 143 Å². The third kappa shape index (κ3) is 4.43. The number of hydrogen-bond donors (Lipinski definition) is 2. The molecule has 7 heteroatoms. The quantitative estimate of drug-likeness (QED) is 0.825. The van der Waals surface area contributed by atoms with Crippen molar-refractivity contribution in [2.75, 3.05) is 6.54 Å². The number of nitrogens with zero attached hydrogens (tertiary/aromatic N) is 1. The maximum atomic E-state index is 12.0. The van der Waals surface area contributed by atoms with E-state index in [1.165, 1.54) is 11.3 Å². The average molecular weight is 358 g/mol. The molecule has 1 atom stereocenters. The van der Waals surface area contributed by atoms with Crippen molar-refractivity contribution in [3.05, 3.63) is 49.9 Å². The van der Waals surface area contributed by atoms with E-state index in [9.17, 15) is 4.79 Å². The van der Waals surface area contributed by atoms with Gasteiger partial charge < -0.3 is 11.1 Å². The number of nitrogens with one attached hydrogen (secondary N) is 1. The van der Waals surface area contributed by atoms with Crippen molar-refractivity contribution in [3.63, 3.8) is 0 Å². The zero-order valence-electron chi connectivity index (χ0n) is 12.1. The molecule has 0 saturated heterocycles. The van der Waals surface area contributed by atoms with Crippen LogP contribution in [0.15, 0.2) is 23.6 Å². The van der Waals surface area contributed by atoms with Crippen LogP contribution in [-0.2, 0) is 6.42 Å². The van der Waals surface area contributed by atoms with Gasteiger partial charge in [0.05, 0.1) is 6.04 Å². The van der Waals surface area contributed by atoms with Gasteiger partial charge in [0.1, 0.15) is 10.7 Å². The first-order chi connectivity index (χ1) is 10.5. The first kappa shape index (κ1) is 17.2. The van der Waals surface area contributed by atoms with Gasteiger partial charge in [0.15, 0.2) is 0 Å². The van der Waals surface area contributed by atoms with Crippen LogP contribution in [-0.4, -0.2) is 17.4 Å². The van der Waals surface area contributed by atoms with E-state index in [4.69, 9.17) is 28.9 Å². The van der Waals surface area contributed by atoms with Crippen LogP contribution < -0.4 is 11.1 Å². The molecule has 1 aromatic heterocycles. The molecule has 1 amide bonds. The zero-order chi connectivity index (χ0) is 16.1. The molecule has 0 aliphatic carbocycles. The number of carbonyl (C=O) groups excluding carboxylic acids is 1. The van der Waals surface area contributed by atoms with Crippen molar-refractivity contribution in [1.82, 2.24) is 10.3 Å². The van der Waals surface area contributed by atoms with Gasteiger partial charge in [0.2, 0.25) is 0 Å². The summed E-state index contributed by atoms with van der Waals surface area (Å²) in [6.45, 7) is 2.47. The van der Waals surface area contributed by atoms with Gasteiger partial charge in [-0.05, 0) is 30.5 Å². The van der Waals surface area contributed by atoms with E-state index in [2.05, 4.69) is 10.3 Å². The highest BCUT2D eigenvalue weighted by Crippen LogP contribution is 2.21. The van der Waals surface area contributed by atoms with Crippen LogP contribution in [0.3, 0.4) is 0 Å². The number of aromatic nitrogens is 1. The smallest absolute Gasteiger partial charge is 0.270 e. The van der Waals surface area contributed by atoms with Crippen LogP contribution >= 0.6 is 34.5 Å². The van der Waals surface area contributed by atoms with E-state index in [-0.39, 0.29) is 11.9 Å². The van der Waals surface area contributed by atoms with E-state index in [0.29, 0.717) is 28.7 Å². The Bertz CT molecular complexity index is 660. The van der Waals surface area contributed by atoms with Gasteiger partial charge in [0.25, 0.3) is 5.91 Å². The lowest BCUT2D eigenvalue weighted by Gasteiger charge is -2.06. The molecule has 1 aromatic carbocycles. The summed E-state index contributed by atoms with van der Waals surface area (Å²) in [6.07, 6.45) is 1.43. The molecule has 0 bridgehead atoms. The number of hydrogen-bond acceptors (Lipinski definition) is 4. The number of nitrogens with two attached hydrogens (primary N) is 1. The van der Waals surface area contributed by atoms with Gasteiger partial charge in [-0.25, -0.2) is 4.98 Å². The monoisotopic (exact) mass is 357 g/mol. The van der Waals surface area contributed by atoms with Crippen LogP contribution in [0, 0.1) is 0 Å². The standard InChI is InChI=1S/C15H17Cl2N3OS/c1-2-12(18)15-20-13(8-22-15)14(21)19-6-5-9-3-4-10(16)7-11(9)17/h3-4,7-8,12H,2,5-6,18H2,1H3,(H,19,21). The molecule has 0 fully saturated rings. The predicted molar refractivity (Wildman–Crippen MR) is 91.8 cm³/mol. The van der Waals surface area contributed by atoms with Gasteiger partial charge in [0, 0.05) is 22.0 Å². The Morgan fingerprint density at radius 2 is 2.23 bits per heavy atom. The number of carbonyl (C=O) groups is 1. The molecule has 1 unspecified atom stereocenters. The van der Waals surface area contributed by atoms with Crippen LogP contribution in [0.4, 0.5) is 0 Å². The fourth-order valence-corrected chi connectivity index (χ4v) is 3.25. The van der Waals surface area contributed by atoms with Crippen LogP contribution in [0.1, 0.15) is 40.4 Å². The third-order valence-electron chi connectivity index (χ3n) is 3.21. The highest BCUT2D eigenvalue weighted by Gasteiger charge is 2.13. The van der Waals surface area contributed by atoms with Gasteiger partial charge in [-0.15, -0.1) is 11.3 Å². The second kappa shape index (κ2) is 7.92. The van der Waals surface area contributed by atoms with Crippen molar-refractivity contribution in [2.45, 2.75) is 25.8 Å². The van der Waals surface area contributed by atoms with E-state index in [1.807, 2.05) is 13.0 Å². The lowest BCUT2D eigenvalue weighted by atomic mass is 10.1. The molecule has 0 radical (unpaired) electrons. The highest BCUT2D eigenvalue weighted by atomic mass is 35.5. The Kier molecular flexibility index (Phi) is 6.20. The second-order valence-electron chi connectivity index (χ2n) is 4.83. The topological polar surface area (TPSA) is 68.0 Å². The summed E-state index contributed by atoms with van der Waals surface area (Å²) in [5.74, 6) is -0.198. The molecule has 0 saturated carbocycles. The minimum atomic E-state index is -0.198. The van der Waals surface area contributed by atoms with E-state index >= 15 is 0 Å². The van der Waals surface area contributed by atoms with Gasteiger partial charge >= 0.3 is 0 Å². The first-order valence-electron chi connectivity index (χ1n) is 6.94. The number of halogens is 2. The summed E-state index contributed by atoms with van der Waals surface area (Å²) in [5.41, 5.74) is 7.25. The molecule has 0 aliphatic rings. The fourth-order valence-electron chi connectivity index (χ4n) is 1.86. The maximum absolute atomic E-state index is 12.0. The van der Waals surface area contributed by atoms with Crippen LogP contribution in [0.2, 0.25) is 10.0 Å². The van der Waals surface area contributed by atoms with Gasteiger partial charge in [-0.1, -0.05) is 36.2 Å². The lowest BCUT2D eigenvalue weighted by molar-refractivity contribution is 0.0949. The predicted octanol–water partition coefficient (Wildman–Crippen LogP) is 3.83. The molecule has 0 spiro atoms. The fraction of sp³-hybridized carbons (Fsp3) is 0.333. The lowest BCUT2D eigenvalue weighted by Crippen LogP contribution is -2.26. The molecule has 22 heavy (non-hydrogen) atoms. The van der Waals surface area contributed by atoms with Crippen molar-refractivity contribution < 1.29 is 4.79 Å². The van der Waals surface area contributed by atoms with Gasteiger partial charge in [-0.3, -0.25) is 4.79 Å². The minimum absolute atomic E-state index is 0.112. The second-order valence-corrected chi connectivity index (χ2v) is 6.56. The third-order valence-corrected chi connectivity index (χ3v) is 4.77. The van der Waals surface area contributed by atoms with Crippen LogP contribution in [0.5, 0.6) is 0 Å². The van der Waals surface area contributed by atoms with E-state index in [1.54, 1.807) is 17.5 Å². The maximum Gasteiger partial charge on any atom is 0.270 e. The van der Waals surface area contributed by atoms with Gasteiger partial charge in [-0.2, -0.15) is 0 Å². The highest BCUT2D eigenvalue weighted by molar-refractivity contribution is 7.09. The summed E-state index contributed by atoms with van der Waals surface area (Å²) in [7, 11) is 0. The number of benzene rings is 1. The normalized spacial score (nSPS) is 12.2. The zero-order valence-corrected chi connectivity index (χ0v) is 14.4. The molecule has 2 aromatic rings. The molecular formula is C15H17Cl2N3OS. The van der Waals surface area contributed by atoms with E-state index in [0.717, 1.165) is 17.0 Å². The summed E-state index contributed by atoms with van der Waals surface area (Å²) in [4.78, 5) is 16.3. The van der Waals surface area contributed by atoms with E-state index < -0.39 is 0 Å². The molecule has 0 aliphatic heterocycles. The van der Waals surface area contributed by atoms with Crippen molar-refractivity contribution >= 4 is 40.4 Å². The van der Waals surface area contributed by atoms with Crippen LogP contribution in [0.25, 0.3) is 0 Å². The largest absolute Gasteiger partial charge is 0.350 e. The minimum Gasteiger partial charge on any atom is -0.350 e. The number of amides is 1. The van der Waals surface area contributed by atoms with Crippen molar-refractivity contribution in [1.29, 1.82) is 0 Å². The molecular weight excluding hydrogens is 341 g/mol. The average Bonchev–Trinajstić information content (AvgIpc) is 2.98. The Morgan fingerprint density at radius 3 is 2.91 bits per heavy atom. The first-order valence-corrected chi connectivity index (χ1v) is 8.58.